The highest BCUT2D eigenvalue weighted by molar-refractivity contribution is 7.92. The summed E-state index contributed by atoms with van der Waals surface area (Å²) < 4.78 is 44.1. The van der Waals surface area contributed by atoms with Gasteiger partial charge in [-0.25, -0.2) is 13.2 Å². The summed E-state index contributed by atoms with van der Waals surface area (Å²) in [7, 11) is -3.61. The van der Waals surface area contributed by atoms with E-state index in [1.807, 2.05) is 6.07 Å². The molecule has 0 unspecified atom stereocenters. The number of benzene rings is 1. The van der Waals surface area contributed by atoms with Crippen molar-refractivity contribution in [3.05, 3.63) is 29.5 Å². The molecule has 2 aromatic rings. The molecule has 0 bridgehead atoms. The molecule has 0 saturated heterocycles. The average Bonchev–Trinajstić information content (AvgIpc) is 3.32. The first-order chi connectivity index (χ1) is 11.9. The van der Waals surface area contributed by atoms with Crippen LogP contribution in [0.2, 0.25) is 0 Å². The zero-order valence-corrected chi connectivity index (χ0v) is 14.8. The van der Waals surface area contributed by atoms with Crippen molar-refractivity contribution in [3.63, 3.8) is 0 Å². The average molecular weight is 368 g/mol. The highest BCUT2D eigenvalue weighted by Gasteiger charge is 2.28. The Kier molecular flexibility index (Phi) is 4.99. The number of fused-ring (bicyclic) bond motifs is 1. The molecular formula is C17H21FN2O4S. The van der Waals surface area contributed by atoms with Gasteiger partial charge in [0.15, 0.2) is 0 Å². The number of ether oxygens (including phenoxy) is 1. The van der Waals surface area contributed by atoms with Crippen molar-refractivity contribution in [1.29, 1.82) is 0 Å². The van der Waals surface area contributed by atoms with Crippen molar-refractivity contribution in [1.82, 2.24) is 4.98 Å². The normalized spacial score (nSPS) is 14.6. The first-order valence-electron chi connectivity index (χ1n) is 8.33. The van der Waals surface area contributed by atoms with Gasteiger partial charge in [-0.05, 0) is 55.9 Å². The van der Waals surface area contributed by atoms with Crippen LogP contribution in [-0.4, -0.2) is 38.4 Å². The highest BCUT2D eigenvalue weighted by atomic mass is 32.2. The molecule has 1 aliphatic carbocycles. The molecule has 0 spiro atoms. The van der Waals surface area contributed by atoms with Crippen LogP contribution in [0, 0.1) is 0 Å². The molecular weight excluding hydrogens is 347 g/mol. The van der Waals surface area contributed by atoms with Crippen LogP contribution in [0.15, 0.2) is 18.2 Å². The monoisotopic (exact) mass is 368 g/mol. The van der Waals surface area contributed by atoms with E-state index in [0.717, 1.165) is 23.8 Å². The number of esters is 1. The second-order valence-electron chi connectivity index (χ2n) is 6.17. The van der Waals surface area contributed by atoms with Gasteiger partial charge in [-0.2, -0.15) is 0 Å². The number of halogens is 1. The van der Waals surface area contributed by atoms with E-state index in [2.05, 4.69) is 9.71 Å². The second-order valence-corrected chi connectivity index (χ2v) is 8.01. The number of rotatable bonds is 8. The lowest BCUT2D eigenvalue weighted by Gasteiger charge is -2.12. The molecule has 1 aromatic carbocycles. The summed E-state index contributed by atoms with van der Waals surface area (Å²) in [6, 6.07) is 5.30. The summed E-state index contributed by atoms with van der Waals surface area (Å²) in [5, 5.41) is 0.830. The van der Waals surface area contributed by atoms with Crippen LogP contribution in [0.1, 0.15) is 48.2 Å². The summed E-state index contributed by atoms with van der Waals surface area (Å²) in [4.78, 5) is 14.8. The molecule has 0 aliphatic heterocycles. The van der Waals surface area contributed by atoms with Gasteiger partial charge in [0.1, 0.15) is 5.69 Å². The highest BCUT2D eigenvalue weighted by Crippen LogP contribution is 2.45. The molecule has 0 amide bonds. The maximum atomic E-state index is 12.3. The summed E-state index contributed by atoms with van der Waals surface area (Å²) in [6.07, 6.45) is 1.96. The fraction of sp³-hybridized carbons (Fsp3) is 0.471. The predicted octanol–water partition coefficient (Wildman–Crippen LogP) is 3.32. The number of hydrogen-bond acceptors (Lipinski definition) is 4. The number of H-pyrrole nitrogens is 1. The molecule has 3 rings (SSSR count). The Labute approximate surface area is 145 Å². The van der Waals surface area contributed by atoms with Gasteiger partial charge >= 0.3 is 5.97 Å². The van der Waals surface area contributed by atoms with E-state index in [0.29, 0.717) is 22.8 Å². The Hall–Kier alpha value is -2.09. The number of carbonyl (C=O) groups excluding carboxylic acids is 1. The number of aromatic amines is 1. The third-order valence-corrected chi connectivity index (χ3v) is 5.47. The lowest BCUT2D eigenvalue weighted by molar-refractivity contribution is 0.0520. The van der Waals surface area contributed by atoms with Crippen LogP contribution in [-0.2, 0) is 14.8 Å². The number of aromatic nitrogens is 1. The molecule has 0 radical (unpaired) electrons. The molecule has 6 nitrogen and oxygen atoms in total. The predicted molar refractivity (Wildman–Crippen MR) is 94.2 cm³/mol. The minimum absolute atomic E-state index is 0.0359. The minimum Gasteiger partial charge on any atom is -0.461 e. The van der Waals surface area contributed by atoms with Gasteiger partial charge in [-0.1, -0.05) is 0 Å². The molecule has 0 atom stereocenters. The number of hydrogen-bond donors (Lipinski definition) is 2. The SMILES string of the molecule is CCOC(=O)c1cc2cc(C3CC3)c(NS(=O)(=O)CCCF)cc2[nH]1. The van der Waals surface area contributed by atoms with E-state index in [4.69, 9.17) is 4.74 Å². The van der Waals surface area contributed by atoms with Crippen molar-refractivity contribution >= 4 is 32.6 Å². The zero-order chi connectivity index (χ0) is 18.0. The number of carbonyl (C=O) groups is 1. The van der Waals surface area contributed by atoms with Gasteiger partial charge in [-0.15, -0.1) is 0 Å². The van der Waals surface area contributed by atoms with E-state index >= 15 is 0 Å². The number of alkyl halides is 1. The Bertz CT molecular complexity index is 887. The first-order valence-corrected chi connectivity index (χ1v) is 9.99. The Balaban J connectivity index is 1.96. The van der Waals surface area contributed by atoms with Crippen molar-refractivity contribution < 1.29 is 22.3 Å². The first kappa shape index (κ1) is 17.7. The smallest absolute Gasteiger partial charge is 0.354 e. The third kappa shape index (κ3) is 4.12. The van der Waals surface area contributed by atoms with Crippen molar-refractivity contribution in [3.8, 4) is 0 Å². The van der Waals surface area contributed by atoms with Gasteiger partial charge < -0.3 is 9.72 Å². The van der Waals surface area contributed by atoms with Crippen molar-refractivity contribution in [2.75, 3.05) is 23.8 Å². The fourth-order valence-electron chi connectivity index (χ4n) is 2.80. The summed E-state index contributed by atoms with van der Waals surface area (Å²) >= 11 is 0. The number of nitrogens with one attached hydrogen (secondary N) is 2. The molecule has 1 fully saturated rings. The summed E-state index contributed by atoms with van der Waals surface area (Å²) in [6.45, 7) is 1.34. The van der Waals surface area contributed by atoms with Gasteiger partial charge in [0.25, 0.3) is 0 Å². The summed E-state index contributed by atoms with van der Waals surface area (Å²) in [5.41, 5.74) is 2.38. The minimum atomic E-state index is -3.61. The van der Waals surface area contributed by atoms with E-state index < -0.39 is 22.7 Å². The quantitative estimate of drug-likeness (QED) is 0.700. The number of sulfonamides is 1. The Morgan fingerprint density at radius 1 is 1.36 bits per heavy atom. The topological polar surface area (TPSA) is 88.3 Å². The lowest BCUT2D eigenvalue weighted by atomic mass is 10.1. The van der Waals surface area contributed by atoms with Crippen LogP contribution in [0.25, 0.3) is 10.9 Å². The van der Waals surface area contributed by atoms with Crippen LogP contribution in [0.5, 0.6) is 0 Å². The fourth-order valence-corrected chi connectivity index (χ4v) is 3.90. The van der Waals surface area contributed by atoms with Gasteiger partial charge in [-0.3, -0.25) is 9.11 Å². The van der Waals surface area contributed by atoms with Crippen molar-refractivity contribution in [2.24, 2.45) is 0 Å². The van der Waals surface area contributed by atoms with E-state index in [9.17, 15) is 17.6 Å². The standard InChI is InChI=1S/C17H21FN2O4S/c1-2-24-17(21)16-9-12-8-13(11-4-5-11)15(10-14(12)19-16)20-25(22,23)7-3-6-18/h8-11,19-20H,2-7H2,1H3. The third-order valence-electron chi connectivity index (χ3n) is 4.12. The van der Waals surface area contributed by atoms with E-state index in [1.54, 1.807) is 19.1 Å². The van der Waals surface area contributed by atoms with E-state index in [1.165, 1.54) is 0 Å². The molecule has 8 heteroatoms. The van der Waals surface area contributed by atoms with Gasteiger partial charge in [0.05, 0.1) is 24.7 Å². The van der Waals surface area contributed by atoms with Crippen LogP contribution >= 0.6 is 0 Å². The van der Waals surface area contributed by atoms with Gasteiger partial charge in [0, 0.05) is 10.9 Å². The molecule has 136 valence electrons. The number of anilines is 1. The van der Waals surface area contributed by atoms with E-state index in [-0.39, 0.29) is 18.8 Å². The molecule has 1 aliphatic rings. The molecule has 2 N–H and O–H groups in total. The van der Waals surface area contributed by atoms with Crippen LogP contribution in [0.3, 0.4) is 0 Å². The second kappa shape index (κ2) is 7.03. The zero-order valence-electron chi connectivity index (χ0n) is 14.0. The van der Waals surface area contributed by atoms with Crippen LogP contribution < -0.4 is 4.72 Å². The Morgan fingerprint density at radius 3 is 2.76 bits per heavy atom. The summed E-state index contributed by atoms with van der Waals surface area (Å²) in [5.74, 6) is -0.397. The molecule has 1 saturated carbocycles. The maximum absolute atomic E-state index is 12.3. The lowest BCUT2D eigenvalue weighted by Crippen LogP contribution is -2.18. The van der Waals surface area contributed by atoms with Gasteiger partial charge in [0.2, 0.25) is 10.0 Å². The molecule has 1 heterocycles. The van der Waals surface area contributed by atoms with Crippen LogP contribution in [0.4, 0.5) is 10.1 Å². The molecule has 1 aromatic heterocycles. The largest absolute Gasteiger partial charge is 0.461 e. The maximum Gasteiger partial charge on any atom is 0.354 e. The molecule has 25 heavy (non-hydrogen) atoms. The Morgan fingerprint density at radius 2 is 2.12 bits per heavy atom. The van der Waals surface area contributed by atoms with Crippen molar-refractivity contribution in [2.45, 2.75) is 32.1 Å².